The summed E-state index contributed by atoms with van der Waals surface area (Å²) >= 11 is 5.82. The number of anilines is 2. The third kappa shape index (κ3) is 16.9. The van der Waals surface area contributed by atoms with E-state index in [0.717, 1.165) is 112 Å². The molecule has 2 fully saturated rings. The number of halogens is 2. The largest absolute Gasteiger partial charge is 1.00 e. The fraction of sp³-hybridized carbons (Fsp3) is 0.415. The molecule has 4 aromatic rings. The Hall–Kier alpha value is -4.88. The van der Waals surface area contributed by atoms with Crippen LogP contribution >= 0.6 is 11.6 Å². The summed E-state index contributed by atoms with van der Waals surface area (Å²) in [7, 11) is -1.00. The second-order valence-corrected chi connectivity index (χ2v) is 13.5. The summed E-state index contributed by atoms with van der Waals surface area (Å²) in [6, 6.07) is 25.1. The van der Waals surface area contributed by atoms with E-state index in [4.69, 9.17) is 29.6 Å². The molecule has 0 bridgehead atoms. The van der Waals surface area contributed by atoms with Crippen LogP contribution in [-0.4, -0.2) is 91.1 Å². The van der Waals surface area contributed by atoms with Crippen LogP contribution in [0.1, 0.15) is 48.9 Å². The summed E-state index contributed by atoms with van der Waals surface area (Å²) in [5.74, 6) is 0.866. The van der Waals surface area contributed by atoms with Gasteiger partial charge < -0.3 is 30.7 Å². The molecule has 2 aliphatic heterocycles. The van der Waals surface area contributed by atoms with E-state index < -0.39 is 7.15 Å². The van der Waals surface area contributed by atoms with E-state index in [9.17, 15) is 14.0 Å². The standard InChI is InChI=1S/C20H24ClN3O.C20H24N6O.CH3F.N3.Na/c1-16(25)23-10-12-24(13-11-23)20-9-8-19(22-15-20)7-6-17-2-4-18(14-21)5-3-17;1-16(27)25-10-12-26(13-11-25)20-9-8-19(22-15-20)7-6-17-2-4-18(5-3-17)14-23-24-21;1-2;1-3-2;/h2-5,8-9,15H,6-7,10-14H2,1H3;2-5,8-9,15H,6-7,10-14H2,1H3;1H3;;/q;;;-1;+1/i;;1D;;. The summed E-state index contributed by atoms with van der Waals surface area (Å²) in [6.45, 7) is 10.2. The number of piperazine rings is 2. The van der Waals surface area contributed by atoms with Gasteiger partial charge in [-0.3, -0.25) is 28.9 Å². The zero-order valence-electron chi connectivity index (χ0n) is 34.6. The van der Waals surface area contributed by atoms with Crippen molar-refractivity contribution in [2.45, 2.75) is 52.0 Å². The molecule has 14 nitrogen and oxygen atoms in total. The number of amides is 2. The average Bonchev–Trinajstić information content (AvgIpc) is 3.26. The molecule has 0 spiro atoms. The van der Waals surface area contributed by atoms with Gasteiger partial charge in [0.05, 0.1) is 38.8 Å². The molecule has 6 rings (SSSR count). The predicted octanol–water partition coefficient (Wildman–Crippen LogP) is 5.08. The number of carbonyl (C=O) groups excluding carboxylic acids is 2. The van der Waals surface area contributed by atoms with Gasteiger partial charge in [0, 0.05) is 88.4 Å². The Labute approximate surface area is 369 Å². The third-order valence-electron chi connectivity index (χ3n) is 9.65. The van der Waals surface area contributed by atoms with Crippen molar-refractivity contribution in [3.63, 3.8) is 0 Å². The number of hydrogen-bond acceptors (Lipinski definition) is 7. The number of pyridine rings is 2. The molecule has 0 aliphatic carbocycles. The zero-order chi connectivity index (χ0) is 42.1. The van der Waals surface area contributed by atoms with Gasteiger partial charge in [0.2, 0.25) is 11.8 Å². The first-order chi connectivity index (χ1) is 28.1. The molecular formula is C41H51ClFN12NaO2. The van der Waals surface area contributed by atoms with Gasteiger partial charge in [-0.15, -0.1) is 11.6 Å². The number of nitrogens with zero attached hydrogens (tertiary/aromatic N) is 12. The van der Waals surface area contributed by atoms with Crippen molar-refractivity contribution in [3.8, 4) is 0 Å². The van der Waals surface area contributed by atoms with Gasteiger partial charge in [-0.1, -0.05) is 53.6 Å². The van der Waals surface area contributed by atoms with Crippen LogP contribution in [0.5, 0.6) is 0 Å². The average molecular weight is 822 g/mol. The number of carbonyl (C=O) groups is 2. The predicted molar refractivity (Wildman–Crippen MR) is 225 cm³/mol. The molecular weight excluding hydrogens is 770 g/mol. The number of aryl methyl sites for hydroxylation is 4. The van der Waals surface area contributed by atoms with E-state index in [0.29, 0.717) is 12.4 Å². The Kier molecular flexibility index (Phi) is 22.7. The molecule has 2 saturated heterocycles. The number of aromatic nitrogens is 2. The Balaban J connectivity index is 0.000000354. The Morgan fingerprint density at radius 3 is 1.34 bits per heavy atom. The minimum Gasteiger partial charge on any atom is -0.373 e. The van der Waals surface area contributed by atoms with Crippen molar-refractivity contribution in [1.82, 2.24) is 19.8 Å². The molecule has 2 aromatic carbocycles. The van der Waals surface area contributed by atoms with Crippen LogP contribution < -0.4 is 39.4 Å². The summed E-state index contributed by atoms with van der Waals surface area (Å²) in [4.78, 5) is 44.7. The minimum atomic E-state index is -1.00. The first-order valence-electron chi connectivity index (χ1n) is 19.3. The SMILES string of the molecule is CC(=O)N1CCN(c2ccc(CCc3ccc(CCl)cc3)nc2)CC1.CC(=O)N1CCN(c2ccc(CCc3ccc(CN=[N+]=[N-])cc3)nc2)CC1.[2H]CF.[N-]=[N+]=[N-].[Na+]. The summed E-state index contributed by atoms with van der Waals surface area (Å²) in [5, 5.41) is 3.57. The maximum atomic E-state index is 11.4. The van der Waals surface area contributed by atoms with Crippen LogP contribution in [0.25, 0.3) is 26.4 Å². The van der Waals surface area contributed by atoms with E-state index >= 15 is 0 Å². The molecule has 0 unspecified atom stereocenters. The van der Waals surface area contributed by atoms with Gasteiger partial charge in [-0.25, -0.2) is 0 Å². The number of azide groups is 1. The van der Waals surface area contributed by atoms with Crippen LogP contribution in [0.4, 0.5) is 15.8 Å². The molecule has 0 atom stereocenters. The first kappa shape index (κ1) is 47.5. The number of hydrogen-bond donors (Lipinski definition) is 0. The summed E-state index contributed by atoms with van der Waals surface area (Å²) < 4.78 is 15.5. The van der Waals surface area contributed by atoms with Gasteiger partial charge in [0.15, 0.2) is 0 Å². The van der Waals surface area contributed by atoms with Gasteiger partial charge in [-0.05, 0) is 77.7 Å². The van der Waals surface area contributed by atoms with E-state index in [1.54, 1.807) is 13.8 Å². The molecule has 302 valence electrons. The van der Waals surface area contributed by atoms with Gasteiger partial charge in [0.1, 0.15) is 0 Å². The molecule has 0 N–H and O–H groups in total. The molecule has 17 heteroatoms. The van der Waals surface area contributed by atoms with Crippen molar-refractivity contribution in [2.75, 3.05) is 69.3 Å². The molecule has 2 aromatic heterocycles. The van der Waals surface area contributed by atoms with Gasteiger partial charge >= 0.3 is 29.6 Å². The number of benzene rings is 2. The molecule has 4 heterocycles. The van der Waals surface area contributed by atoms with Crippen molar-refractivity contribution in [3.05, 3.63) is 145 Å². The van der Waals surface area contributed by atoms with Crippen LogP contribution in [-0.2, 0) is 47.7 Å². The summed E-state index contributed by atoms with van der Waals surface area (Å²) in [6.07, 6.45) is 7.60. The van der Waals surface area contributed by atoms with E-state index in [1.807, 2.05) is 34.3 Å². The van der Waals surface area contributed by atoms with E-state index in [1.165, 1.54) is 16.0 Å². The monoisotopic (exact) mass is 821 g/mol. The van der Waals surface area contributed by atoms with Crippen molar-refractivity contribution >= 4 is 34.8 Å². The van der Waals surface area contributed by atoms with Crippen molar-refractivity contribution < 1.29 is 44.9 Å². The fourth-order valence-electron chi connectivity index (χ4n) is 6.33. The third-order valence-corrected chi connectivity index (χ3v) is 9.96. The molecule has 0 saturated carbocycles. The van der Waals surface area contributed by atoms with E-state index in [2.05, 4.69) is 90.5 Å². The molecule has 2 amide bonds. The smallest absolute Gasteiger partial charge is 0.373 e. The normalized spacial score (nSPS) is 13.3. The van der Waals surface area contributed by atoms with E-state index in [-0.39, 0.29) is 41.4 Å². The Bertz CT molecular complexity index is 1900. The van der Waals surface area contributed by atoms with Crippen LogP contribution in [0.3, 0.4) is 0 Å². The zero-order valence-corrected chi connectivity index (χ0v) is 36.4. The molecule has 0 radical (unpaired) electrons. The van der Waals surface area contributed by atoms with Crippen LogP contribution in [0.2, 0.25) is 0 Å². The fourth-order valence-corrected chi connectivity index (χ4v) is 6.50. The first-order valence-corrected chi connectivity index (χ1v) is 19.1. The maximum absolute atomic E-state index is 11.4. The molecule has 2 aliphatic rings. The van der Waals surface area contributed by atoms with Crippen LogP contribution in [0, 0.1) is 0 Å². The maximum Gasteiger partial charge on any atom is 1.00 e. The summed E-state index contributed by atoms with van der Waals surface area (Å²) in [5.41, 5.74) is 31.0. The van der Waals surface area contributed by atoms with Gasteiger partial charge in [-0.2, -0.15) is 0 Å². The van der Waals surface area contributed by atoms with Gasteiger partial charge in [0.25, 0.3) is 0 Å². The minimum absolute atomic E-state index is 0. The molecule has 58 heavy (non-hydrogen) atoms. The number of alkyl halides is 2. The topological polar surface area (TPSA) is 180 Å². The van der Waals surface area contributed by atoms with Crippen LogP contribution in [0.15, 0.2) is 90.3 Å². The second-order valence-electron chi connectivity index (χ2n) is 13.2. The van der Waals surface area contributed by atoms with Crippen molar-refractivity contribution in [2.24, 2.45) is 5.11 Å². The van der Waals surface area contributed by atoms with Crippen molar-refractivity contribution in [1.29, 1.82) is 0 Å². The quantitative estimate of drug-likeness (QED) is 0.0670. The Morgan fingerprint density at radius 1 is 0.672 bits per heavy atom. The number of rotatable bonds is 11. The Morgan fingerprint density at radius 2 is 1.03 bits per heavy atom. The second kappa shape index (κ2) is 27.7.